The number of nitrogens with one attached hydrogen (secondary N) is 1. The number of alkyl carbamates (subject to hydrolysis) is 1. The molecule has 0 aromatic carbocycles. The minimum absolute atomic E-state index is 0.0274. The minimum atomic E-state index is -4.60. The van der Waals surface area contributed by atoms with Crippen molar-refractivity contribution in [1.29, 1.82) is 0 Å². The molecule has 35 heavy (non-hydrogen) atoms. The Kier molecular flexibility index (Phi) is 6.58. The van der Waals surface area contributed by atoms with Gasteiger partial charge in [0, 0.05) is 44.6 Å². The Morgan fingerprint density at radius 3 is 2.26 bits per heavy atom. The van der Waals surface area contributed by atoms with Gasteiger partial charge < -0.3 is 24.8 Å². The first-order valence-electron chi connectivity index (χ1n) is 12.4. The summed E-state index contributed by atoms with van der Waals surface area (Å²) >= 11 is 0. The lowest BCUT2D eigenvalue weighted by Gasteiger charge is -2.35. The third-order valence-electron chi connectivity index (χ3n) is 7.99. The van der Waals surface area contributed by atoms with Crippen molar-refractivity contribution >= 4 is 18.0 Å². The van der Waals surface area contributed by atoms with Crippen molar-refractivity contribution in [3.8, 4) is 0 Å². The van der Waals surface area contributed by atoms with Crippen LogP contribution in [0, 0.1) is 17.8 Å². The van der Waals surface area contributed by atoms with E-state index in [-0.39, 0.29) is 41.8 Å². The Labute approximate surface area is 201 Å². The lowest BCUT2D eigenvalue weighted by Crippen LogP contribution is -2.53. The van der Waals surface area contributed by atoms with Crippen LogP contribution in [-0.2, 0) is 14.3 Å². The molecule has 0 aromatic rings. The van der Waals surface area contributed by atoms with E-state index in [1.54, 1.807) is 15.9 Å². The molecule has 4 atom stereocenters. The highest BCUT2D eigenvalue weighted by Crippen LogP contribution is 2.34. The fourth-order valence-corrected chi connectivity index (χ4v) is 6.14. The van der Waals surface area contributed by atoms with Crippen LogP contribution in [0.4, 0.5) is 22.8 Å². The van der Waals surface area contributed by atoms with Gasteiger partial charge in [-0.05, 0) is 44.1 Å². The van der Waals surface area contributed by atoms with Crippen LogP contribution in [0.15, 0.2) is 12.2 Å². The molecule has 194 valence electrons. The molecular weight excluding hydrogens is 469 g/mol. The van der Waals surface area contributed by atoms with Gasteiger partial charge in [0.15, 0.2) is 0 Å². The van der Waals surface area contributed by atoms with Gasteiger partial charge in [-0.1, -0.05) is 6.08 Å². The first-order chi connectivity index (χ1) is 16.6. The maximum absolute atomic E-state index is 13.0. The SMILES string of the molecule is O=C1NC2CCN(C(=O)N3CC4CN(C(=O)C=CC5CCC(OC(F)(F)F)CC5)CC4C3)CC2O1. The maximum Gasteiger partial charge on any atom is 0.522 e. The number of ether oxygens (including phenoxy) is 2. The van der Waals surface area contributed by atoms with Crippen molar-refractivity contribution in [2.75, 3.05) is 39.3 Å². The number of nitrogens with zero attached hydrogens (tertiary/aromatic N) is 3. The van der Waals surface area contributed by atoms with Crippen LogP contribution in [0.5, 0.6) is 0 Å². The largest absolute Gasteiger partial charge is 0.522 e. The highest BCUT2D eigenvalue weighted by molar-refractivity contribution is 5.88. The zero-order chi connectivity index (χ0) is 24.7. The fourth-order valence-electron chi connectivity index (χ4n) is 6.14. The lowest BCUT2D eigenvalue weighted by molar-refractivity contribution is -0.345. The molecule has 0 radical (unpaired) electrons. The highest BCUT2D eigenvalue weighted by Gasteiger charge is 2.46. The number of allylic oxidation sites excluding steroid dienone is 1. The number of hydrogen-bond donors (Lipinski definition) is 1. The number of piperidine rings is 1. The molecule has 4 saturated heterocycles. The summed E-state index contributed by atoms with van der Waals surface area (Å²) in [6.07, 6.45) is -0.261. The van der Waals surface area contributed by atoms with Crippen LogP contribution >= 0.6 is 0 Å². The second-order valence-electron chi connectivity index (χ2n) is 10.3. The molecule has 9 nitrogen and oxygen atoms in total. The second kappa shape index (κ2) is 9.51. The summed E-state index contributed by atoms with van der Waals surface area (Å²) in [6.45, 7) is 3.36. The van der Waals surface area contributed by atoms with Crippen molar-refractivity contribution in [3.05, 3.63) is 12.2 Å². The molecule has 0 spiro atoms. The number of halogens is 3. The zero-order valence-electron chi connectivity index (χ0n) is 19.4. The van der Waals surface area contributed by atoms with Gasteiger partial charge in [0.1, 0.15) is 6.10 Å². The van der Waals surface area contributed by atoms with Gasteiger partial charge >= 0.3 is 18.5 Å². The topological polar surface area (TPSA) is 91.4 Å². The van der Waals surface area contributed by atoms with Crippen LogP contribution in [0.25, 0.3) is 0 Å². The third kappa shape index (κ3) is 5.52. The maximum atomic E-state index is 13.0. The number of amides is 4. The van der Waals surface area contributed by atoms with Gasteiger partial charge in [0.2, 0.25) is 5.91 Å². The molecule has 1 N–H and O–H groups in total. The summed E-state index contributed by atoms with van der Waals surface area (Å²) in [5, 5.41) is 2.77. The van der Waals surface area contributed by atoms with E-state index >= 15 is 0 Å². The Morgan fingerprint density at radius 2 is 1.60 bits per heavy atom. The van der Waals surface area contributed by atoms with E-state index in [0.29, 0.717) is 71.4 Å². The molecule has 4 amide bonds. The predicted molar refractivity (Wildman–Crippen MR) is 116 cm³/mol. The van der Waals surface area contributed by atoms with Gasteiger partial charge in [-0.15, -0.1) is 13.2 Å². The third-order valence-corrected chi connectivity index (χ3v) is 7.99. The van der Waals surface area contributed by atoms with Crippen LogP contribution in [0.1, 0.15) is 32.1 Å². The van der Waals surface area contributed by atoms with E-state index < -0.39 is 18.6 Å². The number of fused-ring (bicyclic) bond motifs is 2. The molecule has 0 bridgehead atoms. The molecule has 5 fully saturated rings. The highest BCUT2D eigenvalue weighted by atomic mass is 19.4. The Morgan fingerprint density at radius 1 is 0.943 bits per heavy atom. The summed E-state index contributed by atoms with van der Waals surface area (Å²) in [6, 6.07) is -0.0657. The molecule has 1 aliphatic carbocycles. The van der Waals surface area contributed by atoms with Gasteiger partial charge in [-0.2, -0.15) is 0 Å². The molecule has 4 heterocycles. The molecule has 12 heteroatoms. The number of rotatable bonds is 3. The first kappa shape index (κ1) is 24.2. The van der Waals surface area contributed by atoms with Crippen molar-refractivity contribution in [2.45, 2.75) is 56.7 Å². The molecular formula is C23H31F3N4O5. The number of carbonyl (C=O) groups excluding carboxylic acids is 3. The van der Waals surface area contributed by atoms with E-state index in [2.05, 4.69) is 10.1 Å². The van der Waals surface area contributed by atoms with Crippen LogP contribution in [0.3, 0.4) is 0 Å². The molecule has 1 saturated carbocycles. The number of likely N-dealkylation sites (tertiary alicyclic amines) is 3. The van der Waals surface area contributed by atoms with Gasteiger partial charge in [-0.25, -0.2) is 9.59 Å². The van der Waals surface area contributed by atoms with E-state index in [0.717, 1.165) is 0 Å². The van der Waals surface area contributed by atoms with E-state index in [1.807, 2.05) is 11.0 Å². The monoisotopic (exact) mass is 500 g/mol. The number of urea groups is 1. The van der Waals surface area contributed by atoms with Crippen molar-refractivity contribution in [1.82, 2.24) is 20.0 Å². The molecule has 4 aliphatic heterocycles. The van der Waals surface area contributed by atoms with Gasteiger partial charge in [-0.3, -0.25) is 9.53 Å². The fraction of sp³-hybridized carbons (Fsp3) is 0.783. The van der Waals surface area contributed by atoms with Crippen LogP contribution < -0.4 is 5.32 Å². The predicted octanol–water partition coefficient (Wildman–Crippen LogP) is 2.33. The van der Waals surface area contributed by atoms with Gasteiger partial charge in [0.05, 0.1) is 18.7 Å². The summed E-state index contributed by atoms with van der Waals surface area (Å²) in [5.41, 5.74) is 0. The van der Waals surface area contributed by atoms with Crippen molar-refractivity contribution in [2.24, 2.45) is 17.8 Å². The molecule has 0 aromatic heterocycles. The van der Waals surface area contributed by atoms with E-state index in [1.165, 1.54) is 0 Å². The molecule has 5 aliphatic rings. The first-order valence-corrected chi connectivity index (χ1v) is 12.4. The average molecular weight is 501 g/mol. The summed E-state index contributed by atoms with van der Waals surface area (Å²) in [4.78, 5) is 42.6. The zero-order valence-corrected chi connectivity index (χ0v) is 19.4. The number of hydrogen-bond acceptors (Lipinski definition) is 5. The average Bonchev–Trinajstić information content (AvgIpc) is 3.48. The standard InChI is InChI=1S/C23H31F3N4O5/c24-23(25,26)35-17-4-1-14(2-5-17)3-6-20(31)29-9-15-11-30(12-16(15)10-29)22(33)28-8-7-18-19(13-28)34-21(32)27-18/h3,6,14-19H,1-2,4-5,7-13H2,(H,27,32). The van der Waals surface area contributed by atoms with Crippen molar-refractivity contribution < 1.29 is 37.0 Å². The van der Waals surface area contributed by atoms with Gasteiger partial charge in [0.25, 0.3) is 0 Å². The summed E-state index contributed by atoms with van der Waals surface area (Å²) in [5.74, 6) is 0.467. The second-order valence-corrected chi connectivity index (χ2v) is 10.3. The Balaban J connectivity index is 1.05. The Hall–Kier alpha value is -2.50. The van der Waals surface area contributed by atoms with E-state index in [9.17, 15) is 27.6 Å². The van der Waals surface area contributed by atoms with Crippen LogP contribution in [-0.4, -0.2) is 96.6 Å². The number of alkyl halides is 3. The molecule has 5 rings (SSSR count). The summed E-state index contributed by atoms with van der Waals surface area (Å²) < 4.78 is 46.4. The minimum Gasteiger partial charge on any atom is -0.442 e. The number of carbonyl (C=O) groups is 3. The summed E-state index contributed by atoms with van der Waals surface area (Å²) in [7, 11) is 0. The normalized spacial score (nSPS) is 35.2. The van der Waals surface area contributed by atoms with Crippen LogP contribution in [0.2, 0.25) is 0 Å². The van der Waals surface area contributed by atoms with Crippen molar-refractivity contribution in [3.63, 3.8) is 0 Å². The lowest BCUT2D eigenvalue weighted by atomic mass is 9.87. The quantitative estimate of drug-likeness (QED) is 0.601. The molecule has 4 unspecified atom stereocenters. The Bertz CT molecular complexity index is 862. The van der Waals surface area contributed by atoms with E-state index in [4.69, 9.17) is 4.74 Å². The smallest absolute Gasteiger partial charge is 0.442 e.